The van der Waals surface area contributed by atoms with Crippen molar-refractivity contribution < 1.29 is 24.3 Å². The Kier molecular flexibility index (Phi) is 11.2. The highest BCUT2D eigenvalue weighted by molar-refractivity contribution is 5.69. The first kappa shape index (κ1) is 29.8. The van der Waals surface area contributed by atoms with E-state index in [4.69, 9.17) is 9.47 Å². The van der Waals surface area contributed by atoms with E-state index in [1.807, 2.05) is 24.3 Å². The summed E-state index contributed by atoms with van der Waals surface area (Å²) in [6.07, 6.45) is 1.08. The molecule has 0 amide bonds. The summed E-state index contributed by atoms with van der Waals surface area (Å²) < 4.78 is 10.4. The molecule has 0 spiro atoms. The smallest absolute Gasteiger partial charge is 0.305 e. The van der Waals surface area contributed by atoms with Gasteiger partial charge in [0, 0.05) is 49.0 Å². The number of aliphatic hydroxyl groups is 1. The first-order valence-corrected chi connectivity index (χ1v) is 12.8. The van der Waals surface area contributed by atoms with Gasteiger partial charge in [-0.15, -0.1) is 5.11 Å². The number of hydrogen-bond acceptors (Lipinski definition) is 11. The Morgan fingerprint density at radius 2 is 1.57 bits per heavy atom. The van der Waals surface area contributed by atoms with E-state index in [9.17, 15) is 20.0 Å². The van der Waals surface area contributed by atoms with Gasteiger partial charge in [0.2, 0.25) is 0 Å². The molecule has 0 saturated heterocycles. The molecule has 0 heterocycles. The second-order valence-electron chi connectivity index (χ2n) is 8.49. The Morgan fingerprint density at radius 1 is 0.950 bits per heavy atom. The van der Waals surface area contributed by atoms with Crippen LogP contribution in [0.2, 0.25) is 0 Å². The SMILES string of the molecule is CCOC(=O)CCCN(CC)c1ccc(N=Nc2cc(CO)c(N=Nc3ccc([N+](=O)[O-])cc3)cc2OC)cc1. The Balaban J connectivity index is 1.72. The van der Waals surface area contributed by atoms with Crippen LogP contribution in [0.5, 0.6) is 5.75 Å². The Morgan fingerprint density at radius 3 is 2.12 bits per heavy atom. The molecule has 0 fully saturated rings. The van der Waals surface area contributed by atoms with Crippen LogP contribution in [0.4, 0.5) is 34.1 Å². The number of methoxy groups -OCH3 is 1. The minimum Gasteiger partial charge on any atom is -0.494 e. The van der Waals surface area contributed by atoms with E-state index < -0.39 is 4.92 Å². The number of carbonyl (C=O) groups is 1. The summed E-state index contributed by atoms with van der Waals surface area (Å²) in [4.78, 5) is 24.1. The summed E-state index contributed by atoms with van der Waals surface area (Å²) >= 11 is 0. The topological polar surface area (TPSA) is 152 Å². The van der Waals surface area contributed by atoms with E-state index in [1.54, 1.807) is 19.1 Å². The Labute approximate surface area is 232 Å². The molecule has 210 valence electrons. The quantitative estimate of drug-likeness (QED) is 0.0976. The minimum atomic E-state index is -0.492. The van der Waals surface area contributed by atoms with Gasteiger partial charge in [-0.3, -0.25) is 14.9 Å². The predicted molar refractivity (Wildman–Crippen MR) is 151 cm³/mol. The van der Waals surface area contributed by atoms with Gasteiger partial charge in [0.15, 0.2) is 0 Å². The van der Waals surface area contributed by atoms with Gasteiger partial charge < -0.3 is 19.5 Å². The van der Waals surface area contributed by atoms with Gasteiger partial charge in [-0.1, -0.05) is 0 Å². The molecule has 1 N–H and O–H groups in total. The van der Waals surface area contributed by atoms with Gasteiger partial charge in [0.25, 0.3) is 5.69 Å². The number of rotatable bonds is 14. The highest BCUT2D eigenvalue weighted by Crippen LogP contribution is 2.37. The summed E-state index contributed by atoms with van der Waals surface area (Å²) in [5, 5.41) is 37.6. The fourth-order valence-electron chi connectivity index (χ4n) is 3.77. The van der Waals surface area contributed by atoms with Crippen LogP contribution in [0, 0.1) is 10.1 Å². The van der Waals surface area contributed by atoms with Crippen LogP contribution in [-0.2, 0) is 16.1 Å². The molecule has 40 heavy (non-hydrogen) atoms. The highest BCUT2D eigenvalue weighted by Gasteiger charge is 2.11. The van der Waals surface area contributed by atoms with Crippen molar-refractivity contribution in [3.05, 3.63) is 76.3 Å². The van der Waals surface area contributed by atoms with Gasteiger partial charge >= 0.3 is 5.97 Å². The second kappa shape index (κ2) is 15.0. The second-order valence-corrected chi connectivity index (χ2v) is 8.49. The number of hydrogen-bond donors (Lipinski definition) is 1. The summed E-state index contributed by atoms with van der Waals surface area (Å²) in [5.74, 6) is 0.198. The van der Waals surface area contributed by atoms with Crippen molar-refractivity contribution in [1.29, 1.82) is 0 Å². The highest BCUT2D eigenvalue weighted by atomic mass is 16.6. The van der Waals surface area contributed by atoms with Crippen LogP contribution >= 0.6 is 0 Å². The van der Waals surface area contributed by atoms with Crippen LogP contribution in [0.3, 0.4) is 0 Å². The van der Waals surface area contributed by atoms with E-state index in [1.165, 1.54) is 31.4 Å². The third-order valence-electron chi connectivity index (χ3n) is 5.87. The van der Waals surface area contributed by atoms with Gasteiger partial charge in [-0.05, 0) is 62.7 Å². The molecule has 0 radical (unpaired) electrons. The molecule has 12 nitrogen and oxygen atoms in total. The molecule has 0 aliphatic carbocycles. The zero-order valence-corrected chi connectivity index (χ0v) is 22.7. The van der Waals surface area contributed by atoms with Crippen LogP contribution in [-0.4, -0.2) is 42.8 Å². The maximum atomic E-state index is 11.6. The summed E-state index contributed by atoms with van der Waals surface area (Å²) in [6, 6.07) is 16.4. The molecule has 0 aromatic heterocycles. The first-order chi connectivity index (χ1) is 19.4. The third kappa shape index (κ3) is 8.40. The molecule has 0 unspecified atom stereocenters. The molecule has 3 aromatic rings. The van der Waals surface area contributed by atoms with E-state index in [0.29, 0.717) is 53.5 Å². The van der Waals surface area contributed by atoms with E-state index >= 15 is 0 Å². The number of nitrogens with zero attached hydrogens (tertiary/aromatic N) is 6. The number of non-ortho nitro benzene ring substituents is 1. The van der Waals surface area contributed by atoms with Gasteiger partial charge in [-0.25, -0.2) is 0 Å². The monoisotopic (exact) mass is 548 g/mol. The van der Waals surface area contributed by atoms with Crippen LogP contribution < -0.4 is 9.64 Å². The van der Waals surface area contributed by atoms with Crippen molar-refractivity contribution >= 4 is 40.1 Å². The average molecular weight is 549 g/mol. The molecular weight excluding hydrogens is 516 g/mol. The number of aliphatic hydroxyl groups excluding tert-OH is 1. The lowest BCUT2D eigenvalue weighted by Crippen LogP contribution is -2.24. The summed E-state index contributed by atoms with van der Waals surface area (Å²) in [6.45, 7) is 5.44. The van der Waals surface area contributed by atoms with Gasteiger partial charge in [0.05, 0.1) is 42.3 Å². The number of nitro benzene ring substituents is 1. The van der Waals surface area contributed by atoms with Crippen molar-refractivity contribution in [1.82, 2.24) is 0 Å². The summed E-state index contributed by atoms with van der Waals surface area (Å²) in [5.41, 5.74) is 3.23. The number of anilines is 1. The van der Waals surface area contributed by atoms with Gasteiger partial charge in [0.1, 0.15) is 11.4 Å². The maximum Gasteiger partial charge on any atom is 0.305 e. The molecule has 0 saturated carbocycles. The molecule has 12 heteroatoms. The standard InChI is InChI=1S/C28H32N6O6/c1-4-33(16-6-7-28(36)40-5-2)23-12-8-21(9-13-23)30-32-26-17-20(19-35)25(18-27(26)39-3)31-29-22-10-14-24(15-11-22)34(37)38/h8-15,17-18,35H,4-7,16,19H2,1-3H3. The zero-order chi connectivity index (χ0) is 28.9. The third-order valence-corrected chi connectivity index (χ3v) is 5.87. The maximum absolute atomic E-state index is 11.6. The number of esters is 1. The Bertz CT molecular complexity index is 1340. The lowest BCUT2D eigenvalue weighted by Gasteiger charge is -2.23. The van der Waals surface area contributed by atoms with E-state index in [2.05, 4.69) is 32.3 Å². The average Bonchev–Trinajstić information content (AvgIpc) is 2.97. The number of ether oxygens (including phenoxy) is 2. The molecule has 0 aliphatic rings. The Hall–Kier alpha value is -4.71. The summed E-state index contributed by atoms with van der Waals surface area (Å²) in [7, 11) is 1.49. The zero-order valence-electron chi connectivity index (χ0n) is 22.7. The van der Waals surface area contributed by atoms with Gasteiger partial charge in [-0.2, -0.15) is 15.3 Å². The molecule has 0 aliphatic heterocycles. The largest absolute Gasteiger partial charge is 0.494 e. The molecule has 0 bridgehead atoms. The van der Waals surface area contributed by atoms with Crippen molar-refractivity contribution in [3.8, 4) is 5.75 Å². The number of azo groups is 2. The van der Waals surface area contributed by atoms with Crippen LogP contribution in [0.15, 0.2) is 81.1 Å². The molecular formula is C28H32N6O6. The normalized spacial score (nSPS) is 11.2. The fourth-order valence-corrected chi connectivity index (χ4v) is 3.77. The van der Waals surface area contributed by atoms with E-state index in [-0.39, 0.29) is 18.3 Å². The molecule has 3 rings (SSSR count). The van der Waals surface area contributed by atoms with Crippen LogP contribution in [0.25, 0.3) is 0 Å². The van der Waals surface area contributed by atoms with Crippen LogP contribution in [0.1, 0.15) is 32.3 Å². The lowest BCUT2D eigenvalue weighted by atomic mass is 10.1. The number of nitro groups is 1. The predicted octanol–water partition coefficient (Wildman–Crippen LogP) is 7.10. The van der Waals surface area contributed by atoms with Crippen molar-refractivity contribution in [2.24, 2.45) is 20.5 Å². The minimum absolute atomic E-state index is 0.0465. The van der Waals surface area contributed by atoms with Crippen molar-refractivity contribution in [3.63, 3.8) is 0 Å². The number of carbonyl (C=O) groups excluding carboxylic acids is 1. The number of benzene rings is 3. The first-order valence-electron chi connectivity index (χ1n) is 12.8. The fraction of sp³-hybridized carbons (Fsp3) is 0.321. The van der Waals surface area contributed by atoms with E-state index in [0.717, 1.165) is 18.8 Å². The van der Waals surface area contributed by atoms with Crippen molar-refractivity contribution in [2.45, 2.75) is 33.3 Å². The molecule has 0 atom stereocenters. The van der Waals surface area contributed by atoms with Crippen molar-refractivity contribution in [2.75, 3.05) is 31.7 Å². The lowest BCUT2D eigenvalue weighted by molar-refractivity contribution is -0.384. The molecule has 3 aromatic carbocycles.